The van der Waals surface area contributed by atoms with Crippen LogP contribution in [0.5, 0.6) is 0 Å². The van der Waals surface area contributed by atoms with Gasteiger partial charge in [0.05, 0.1) is 12.6 Å². The first-order valence-electron chi connectivity index (χ1n) is 5.14. The van der Waals surface area contributed by atoms with Gasteiger partial charge in [-0.2, -0.15) is 5.48 Å². The van der Waals surface area contributed by atoms with Crippen LogP contribution in [0.3, 0.4) is 0 Å². The topological polar surface area (TPSA) is 21.3 Å². The summed E-state index contributed by atoms with van der Waals surface area (Å²) in [5.41, 5.74) is 3.11. The number of nitrogens with one attached hydrogen (secondary N) is 1. The van der Waals surface area contributed by atoms with Gasteiger partial charge in [0.15, 0.2) is 0 Å². The molecule has 1 heterocycles. The Bertz CT molecular complexity index is 233. The van der Waals surface area contributed by atoms with Gasteiger partial charge in [-0.3, -0.25) is 0 Å². The molecular formula is C11H19NOS. The molecule has 0 aliphatic rings. The molecule has 0 fully saturated rings. The molecule has 1 aromatic rings. The minimum atomic E-state index is 0.341. The van der Waals surface area contributed by atoms with E-state index in [1.165, 1.54) is 4.88 Å². The molecule has 0 aliphatic heterocycles. The summed E-state index contributed by atoms with van der Waals surface area (Å²) < 4.78 is 0. The zero-order valence-electron chi connectivity index (χ0n) is 9.12. The van der Waals surface area contributed by atoms with Crippen LogP contribution in [0.4, 0.5) is 0 Å². The zero-order valence-corrected chi connectivity index (χ0v) is 9.93. The maximum absolute atomic E-state index is 5.43. The van der Waals surface area contributed by atoms with E-state index in [0.717, 1.165) is 13.0 Å². The zero-order chi connectivity index (χ0) is 10.4. The van der Waals surface area contributed by atoms with Gasteiger partial charge in [-0.25, -0.2) is 0 Å². The largest absolute Gasteiger partial charge is 0.301 e. The third-order valence-electron chi connectivity index (χ3n) is 1.94. The number of hydroxylamine groups is 1. The van der Waals surface area contributed by atoms with Crippen molar-refractivity contribution in [3.05, 3.63) is 22.4 Å². The number of hydrogen-bond donors (Lipinski definition) is 1. The summed E-state index contributed by atoms with van der Waals surface area (Å²) in [6, 6.07) is 4.56. The molecule has 0 amide bonds. The lowest BCUT2D eigenvalue weighted by atomic mass is 10.2. The third-order valence-corrected chi connectivity index (χ3v) is 2.92. The maximum atomic E-state index is 5.43. The standard InChI is InChI=1S/C11H19NOS/c1-4-10(11-6-5-7-14-11)12-13-8-9(2)3/h5-7,9-10,12H,4,8H2,1-3H3. The van der Waals surface area contributed by atoms with E-state index >= 15 is 0 Å². The van der Waals surface area contributed by atoms with Crippen LogP contribution >= 0.6 is 11.3 Å². The predicted molar refractivity (Wildman–Crippen MR) is 61.3 cm³/mol. The molecule has 1 rings (SSSR count). The van der Waals surface area contributed by atoms with Crippen molar-refractivity contribution in [1.82, 2.24) is 5.48 Å². The first-order valence-corrected chi connectivity index (χ1v) is 6.02. The number of thiophene rings is 1. The molecule has 0 radical (unpaired) electrons. The summed E-state index contributed by atoms with van der Waals surface area (Å²) in [7, 11) is 0. The highest BCUT2D eigenvalue weighted by atomic mass is 32.1. The fraction of sp³-hybridized carbons (Fsp3) is 0.636. The molecule has 1 unspecified atom stereocenters. The van der Waals surface area contributed by atoms with Crippen molar-refractivity contribution in [3.8, 4) is 0 Å². The molecule has 3 heteroatoms. The minimum absolute atomic E-state index is 0.341. The summed E-state index contributed by atoms with van der Waals surface area (Å²) in [6.45, 7) is 7.22. The molecule has 0 saturated heterocycles. The van der Waals surface area contributed by atoms with Gasteiger partial charge in [-0.15, -0.1) is 11.3 Å². The second kappa shape index (κ2) is 6.17. The maximum Gasteiger partial charge on any atom is 0.0705 e. The van der Waals surface area contributed by atoms with Crippen molar-refractivity contribution in [3.63, 3.8) is 0 Å². The number of hydrogen-bond acceptors (Lipinski definition) is 3. The van der Waals surface area contributed by atoms with E-state index in [0.29, 0.717) is 12.0 Å². The Balaban J connectivity index is 2.33. The summed E-state index contributed by atoms with van der Waals surface area (Å²) >= 11 is 1.77. The van der Waals surface area contributed by atoms with E-state index in [2.05, 4.69) is 43.8 Å². The van der Waals surface area contributed by atoms with E-state index in [9.17, 15) is 0 Å². The summed E-state index contributed by atoms with van der Waals surface area (Å²) in [5, 5.41) is 2.10. The van der Waals surface area contributed by atoms with Crippen molar-refractivity contribution < 1.29 is 4.84 Å². The van der Waals surface area contributed by atoms with Gasteiger partial charge in [0, 0.05) is 4.88 Å². The highest BCUT2D eigenvalue weighted by Crippen LogP contribution is 2.21. The van der Waals surface area contributed by atoms with Gasteiger partial charge >= 0.3 is 0 Å². The average Bonchev–Trinajstić information content (AvgIpc) is 2.64. The summed E-state index contributed by atoms with van der Waals surface area (Å²) in [4.78, 5) is 6.77. The van der Waals surface area contributed by atoms with Gasteiger partial charge in [0.2, 0.25) is 0 Å². The monoisotopic (exact) mass is 213 g/mol. The highest BCUT2D eigenvalue weighted by molar-refractivity contribution is 7.10. The molecule has 1 atom stereocenters. The molecular weight excluding hydrogens is 194 g/mol. The first kappa shape index (κ1) is 11.7. The Morgan fingerprint density at radius 1 is 1.50 bits per heavy atom. The van der Waals surface area contributed by atoms with Crippen molar-refractivity contribution in [2.24, 2.45) is 5.92 Å². The van der Waals surface area contributed by atoms with Gasteiger partial charge in [-0.1, -0.05) is 26.8 Å². The van der Waals surface area contributed by atoms with Gasteiger partial charge in [0.25, 0.3) is 0 Å². The smallest absolute Gasteiger partial charge is 0.0705 e. The highest BCUT2D eigenvalue weighted by Gasteiger charge is 2.09. The second-order valence-electron chi connectivity index (χ2n) is 3.80. The Hall–Kier alpha value is -0.380. The molecule has 14 heavy (non-hydrogen) atoms. The number of rotatable bonds is 6. The van der Waals surface area contributed by atoms with Crippen molar-refractivity contribution in [2.75, 3.05) is 6.61 Å². The SMILES string of the molecule is CCC(NOCC(C)C)c1cccs1. The van der Waals surface area contributed by atoms with Crippen LogP contribution in [0, 0.1) is 5.92 Å². The Morgan fingerprint density at radius 3 is 2.79 bits per heavy atom. The van der Waals surface area contributed by atoms with Crippen molar-refractivity contribution in [1.29, 1.82) is 0 Å². The molecule has 0 aromatic carbocycles. The third kappa shape index (κ3) is 3.78. The molecule has 2 nitrogen and oxygen atoms in total. The lowest BCUT2D eigenvalue weighted by Crippen LogP contribution is -2.22. The molecule has 0 spiro atoms. The fourth-order valence-electron chi connectivity index (χ4n) is 1.15. The molecule has 1 N–H and O–H groups in total. The second-order valence-corrected chi connectivity index (χ2v) is 4.78. The average molecular weight is 213 g/mol. The first-order chi connectivity index (χ1) is 6.74. The lowest BCUT2D eigenvalue weighted by Gasteiger charge is -2.16. The Labute approximate surface area is 90.2 Å². The summed E-state index contributed by atoms with van der Waals surface area (Å²) in [5.74, 6) is 0.573. The minimum Gasteiger partial charge on any atom is -0.301 e. The fourth-order valence-corrected chi connectivity index (χ4v) is 2.00. The van der Waals surface area contributed by atoms with E-state index in [1.54, 1.807) is 11.3 Å². The van der Waals surface area contributed by atoms with Crippen LogP contribution in [0.25, 0.3) is 0 Å². The van der Waals surface area contributed by atoms with E-state index in [4.69, 9.17) is 4.84 Å². The predicted octanol–water partition coefficient (Wildman–Crippen LogP) is 3.38. The summed E-state index contributed by atoms with van der Waals surface area (Å²) in [6.07, 6.45) is 1.05. The quantitative estimate of drug-likeness (QED) is 0.731. The van der Waals surface area contributed by atoms with Crippen LogP contribution in [-0.2, 0) is 4.84 Å². The van der Waals surface area contributed by atoms with E-state index in [1.807, 2.05) is 0 Å². The van der Waals surface area contributed by atoms with Crippen molar-refractivity contribution >= 4 is 11.3 Å². The molecule has 0 aliphatic carbocycles. The lowest BCUT2D eigenvalue weighted by molar-refractivity contribution is 0.000158. The Morgan fingerprint density at radius 2 is 2.29 bits per heavy atom. The molecule has 0 bridgehead atoms. The van der Waals surface area contributed by atoms with Crippen molar-refractivity contribution in [2.45, 2.75) is 33.2 Å². The van der Waals surface area contributed by atoms with Gasteiger partial charge in [-0.05, 0) is 23.8 Å². The molecule has 0 saturated carbocycles. The van der Waals surface area contributed by atoms with Crippen LogP contribution in [-0.4, -0.2) is 6.61 Å². The normalized spacial score (nSPS) is 13.4. The Kier molecular flexibility index (Phi) is 5.15. The molecule has 80 valence electrons. The van der Waals surface area contributed by atoms with Crippen LogP contribution in [0.15, 0.2) is 17.5 Å². The van der Waals surface area contributed by atoms with Gasteiger partial charge in [0.1, 0.15) is 0 Å². The van der Waals surface area contributed by atoms with Crippen LogP contribution in [0.2, 0.25) is 0 Å². The van der Waals surface area contributed by atoms with Gasteiger partial charge < -0.3 is 4.84 Å². The van der Waals surface area contributed by atoms with Crippen LogP contribution < -0.4 is 5.48 Å². The van der Waals surface area contributed by atoms with E-state index < -0.39 is 0 Å². The van der Waals surface area contributed by atoms with E-state index in [-0.39, 0.29) is 0 Å². The molecule has 1 aromatic heterocycles. The van der Waals surface area contributed by atoms with Crippen LogP contribution in [0.1, 0.15) is 38.1 Å².